The maximum Gasteiger partial charge on any atom is 0.352 e. The Kier molecular flexibility index (Phi) is 7.14. The van der Waals surface area contributed by atoms with E-state index in [1.807, 2.05) is 67.6 Å². The number of nitro groups is 1. The molecule has 0 aliphatic carbocycles. The van der Waals surface area contributed by atoms with Crippen molar-refractivity contribution in [1.29, 1.82) is 0 Å². The molecule has 0 bridgehead atoms. The largest absolute Gasteiger partial charge is 0.493 e. The van der Waals surface area contributed by atoms with Gasteiger partial charge in [0, 0.05) is 45.6 Å². The van der Waals surface area contributed by atoms with Gasteiger partial charge in [-0.1, -0.05) is 72.8 Å². The third-order valence-electron chi connectivity index (χ3n) is 7.58. The van der Waals surface area contributed by atoms with Gasteiger partial charge in [0.25, 0.3) is 5.69 Å². The molecule has 42 heavy (non-hydrogen) atoms. The lowest BCUT2D eigenvalue weighted by atomic mass is 9.96. The standard InChI is InChI=1S/C33H28N4O5/c1-20-30(27(36-35-20)19-22-10-3-5-16-28(22)37(40)41)26-14-7-13-24-25(32(33(38)39)34-31(24)26)15-8-18-42-29-17-6-11-21-9-2-4-12-23(21)29/h2-7,9-14,16-17,34H,8,15,18-19H2,1H3,(H,35,36)(H,38,39). The van der Waals surface area contributed by atoms with Crippen molar-refractivity contribution in [2.45, 2.75) is 26.2 Å². The molecular weight excluding hydrogens is 532 g/mol. The Morgan fingerprint density at radius 2 is 1.71 bits per heavy atom. The van der Waals surface area contributed by atoms with Gasteiger partial charge < -0.3 is 14.8 Å². The van der Waals surface area contributed by atoms with Crippen LogP contribution in [0.3, 0.4) is 0 Å². The highest BCUT2D eigenvalue weighted by molar-refractivity contribution is 6.03. The van der Waals surface area contributed by atoms with Gasteiger partial charge in [0.05, 0.1) is 22.7 Å². The number of hydrogen-bond donors (Lipinski definition) is 3. The summed E-state index contributed by atoms with van der Waals surface area (Å²) in [6, 6.07) is 26.3. The van der Waals surface area contributed by atoms with Crippen molar-refractivity contribution in [3.63, 3.8) is 0 Å². The van der Waals surface area contributed by atoms with Crippen LogP contribution in [0.25, 0.3) is 32.8 Å². The summed E-state index contributed by atoms with van der Waals surface area (Å²) in [6.07, 6.45) is 1.40. The molecule has 9 nitrogen and oxygen atoms in total. The number of carbonyl (C=O) groups is 1. The van der Waals surface area contributed by atoms with Crippen LogP contribution in [0.5, 0.6) is 5.75 Å². The van der Waals surface area contributed by atoms with Gasteiger partial charge >= 0.3 is 5.97 Å². The Labute approximate surface area is 240 Å². The SMILES string of the molecule is Cc1n[nH]c(Cc2ccccc2[N+](=O)[O-])c1-c1cccc2c(CCCOc3cccc4ccccc34)c(C(=O)O)[nH]c12. The highest BCUT2D eigenvalue weighted by Crippen LogP contribution is 2.36. The number of carboxylic acids is 1. The molecule has 0 unspecified atom stereocenters. The zero-order valence-electron chi connectivity index (χ0n) is 22.9. The van der Waals surface area contributed by atoms with E-state index in [4.69, 9.17) is 4.74 Å². The van der Waals surface area contributed by atoms with Crippen molar-refractivity contribution in [2.24, 2.45) is 0 Å². The first kappa shape index (κ1) is 26.8. The van der Waals surface area contributed by atoms with Crippen molar-refractivity contribution >= 4 is 33.3 Å². The Morgan fingerprint density at radius 3 is 2.55 bits per heavy atom. The fraction of sp³-hybridized carbons (Fsp3) is 0.152. The number of aromatic amines is 2. The number of fused-ring (bicyclic) bond motifs is 2. The monoisotopic (exact) mass is 560 g/mol. The molecule has 9 heteroatoms. The molecule has 2 aromatic heterocycles. The van der Waals surface area contributed by atoms with Gasteiger partial charge in [0.1, 0.15) is 11.4 Å². The van der Waals surface area contributed by atoms with E-state index in [1.165, 1.54) is 6.07 Å². The average Bonchev–Trinajstić information content (AvgIpc) is 3.55. The number of para-hydroxylation sites is 2. The lowest BCUT2D eigenvalue weighted by molar-refractivity contribution is -0.385. The molecular formula is C33H28N4O5. The highest BCUT2D eigenvalue weighted by Gasteiger charge is 2.23. The van der Waals surface area contributed by atoms with Crippen molar-refractivity contribution in [3.05, 3.63) is 123 Å². The van der Waals surface area contributed by atoms with Crippen molar-refractivity contribution in [3.8, 4) is 16.9 Å². The van der Waals surface area contributed by atoms with E-state index in [1.54, 1.807) is 18.2 Å². The van der Waals surface area contributed by atoms with Crippen LogP contribution in [0, 0.1) is 17.0 Å². The number of nitrogens with one attached hydrogen (secondary N) is 2. The summed E-state index contributed by atoms with van der Waals surface area (Å²) in [7, 11) is 0. The first-order valence-corrected chi connectivity index (χ1v) is 13.7. The summed E-state index contributed by atoms with van der Waals surface area (Å²) in [5.41, 5.74) is 5.15. The summed E-state index contributed by atoms with van der Waals surface area (Å²) in [5.74, 6) is -0.236. The van der Waals surface area contributed by atoms with Crippen molar-refractivity contribution < 1.29 is 19.6 Å². The number of aromatic carboxylic acids is 1. The summed E-state index contributed by atoms with van der Waals surface area (Å²) in [5, 5.41) is 32.1. The fourth-order valence-electron chi connectivity index (χ4n) is 5.67. The first-order valence-electron chi connectivity index (χ1n) is 13.7. The third kappa shape index (κ3) is 4.96. The molecule has 210 valence electrons. The second-order valence-corrected chi connectivity index (χ2v) is 10.2. The van der Waals surface area contributed by atoms with Gasteiger partial charge in [-0.05, 0) is 36.8 Å². The van der Waals surface area contributed by atoms with E-state index in [2.05, 4.69) is 15.2 Å². The number of hydrogen-bond acceptors (Lipinski definition) is 5. The lowest BCUT2D eigenvalue weighted by Crippen LogP contribution is -2.04. The second kappa shape index (κ2) is 11.2. The number of nitrogens with zero attached hydrogens (tertiary/aromatic N) is 2. The topological polar surface area (TPSA) is 134 Å². The van der Waals surface area contributed by atoms with E-state index in [0.29, 0.717) is 47.5 Å². The molecule has 0 aliphatic heterocycles. The first-order chi connectivity index (χ1) is 20.4. The highest BCUT2D eigenvalue weighted by atomic mass is 16.6. The summed E-state index contributed by atoms with van der Waals surface area (Å²) >= 11 is 0. The fourth-order valence-corrected chi connectivity index (χ4v) is 5.67. The number of benzene rings is 4. The van der Waals surface area contributed by atoms with Gasteiger partial charge in [0.2, 0.25) is 0 Å². The number of aryl methyl sites for hydroxylation is 2. The minimum Gasteiger partial charge on any atom is -0.493 e. The van der Waals surface area contributed by atoms with Crippen molar-refractivity contribution in [2.75, 3.05) is 6.61 Å². The van der Waals surface area contributed by atoms with E-state index in [-0.39, 0.29) is 22.7 Å². The molecule has 6 rings (SSSR count). The number of aromatic nitrogens is 3. The second-order valence-electron chi connectivity index (χ2n) is 10.2. The van der Waals surface area contributed by atoms with Gasteiger partial charge in [-0.3, -0.25) is 15.2 Å². The van der Waals surface area contributed by atoms with E-state index in [0.717, 1.165) is 33.0 Å². The summed E-state index contributed by atoms with van der Waals surface area (Å²) in [4.78, 5) is 26.7. The van der Waals surface area contributed by atoms with E-state index < -0.39 is 5.97 Å². The predicted octanol–water partition coefficient (Wildman–Crippen LogP) is 7.23. The van der Waals surface area contributed by atoms with E-state index in [9.17, 15) is 20.0 Å². The molecule has 0 saturated carbocycles. The number of carboxylic acid groups (broad SMARTS) is 1. The van der Waals surface area contributed by atoms with Crippen LogP contribution in [0.1, 0.15) is 39.4 Å². The van der Waals surface area contributed by atoms with E-state index >= 15 is 0 Å². The van der Waals surface area contributed by atoms with Crippen LogP contribution in [0.4, 0.5) is 5.69 Å². The molecule has 0 atom stereocenters. The number of ether oxygens (including phenoxy) is 1. The number of nitro benzene ring substituents is 1. The molecule has 0 saturated heterocycles. The van der Waals surface area contributed by atoms with Crippen LogP contribution in [0.15, 0.2) is 84.9 Å². The predicted molar refractivity (Wildman–Crippen MR) is 161 cm³/mol. The quantitative estimate of drug-likeness (QED) is 0.0919. The van der Waals surface area contributed by atoms with Gasteiger partial charge in [-0.25, -0.2) is 4.79 Å². The normalized spacial score (nSPS) is 11.3. The van der Waals surface area contributed by atoms with Crippen LogP contribution < -0.4 is 4.74 Å². The molecule has 4 aromatic carbocycles. The van der Waals surface area contributed by atoms with Crippen LogP contribution in [-0.2, 0) is 12.8 Å². The zero-order chi connectivity index (χ0) is 29.2. The zero-order valence-corrected chi connectivity index (χ0v) is 22.9. The molecule has 3 N–H and O–H groups in total. The molecule has 0 amide bonds. The molecule has 2 heterocycles. The molecule has 6 aromatic rings. The lowest BCUT2D eigenvalue weighted by Gasteiger charge is -2.10. The molecule has 0 spiro atoms. The minimum atomic E-state index is -1.04. The maximum absolute atomic E-state index is 12.3. The smallest absolute Gasteiger partial charge is 0.352 e. The number of H-pyrrole nitrogens is 2. The Morgan fingerprint density at radius 1 is 0.976 bits per heavy atom. The minimum absolute atomic E-state index is 0.0370. The third-order valence-corrected chi connectivity index (χ3v) is 7.58. The van der Waals surface area contributed by atoms with Crippen LogP contribution in [-0.4, -0.2) is 37.8 Å². The molecule has 0 fully saturated rings. The van der Waals surface area contributed by atoms with Crippen LogP contribution in [0.2, 0.25) is 0 Å². The van der Waals surface area contributed by atoms with Gasteiger partial charge in [0.15, 0.2) is 0 Å². The summed E-state index contributed by atoms with van der Waals surface area (Å²) in [6.45, 7) is 2.29. The van der Waals surface area contributed by atoms with Crippen molar-refractivity contribution in [1.82, 2.24) is 15.2 Å². The maximum atomic E-state index is 12.3. The van der Waals surface area contributed by atoms with Gasteiger partial charge in [-0.15, -0.1) is 0 Å². The average molecular weight is 561 g/mol. The summed E-state index contributed by atoms with van der Waals surface area (Å²) < 4.78 is 6.11. The molecule has 0 aliphatic rings. The van der Waals surface area contributed by atoms with Gasteiger partial charge in [-0.2, -0.15) is 5.10 Å². The number of rotatable bonds is 10. The molecule has 0 radical (unpaired) electrons. The van der Waals surface area contributed by atoms with Crippen LogP contribution >= 0.6 is 0 Å². The Hall–Kier alpha value is -5.44. The Balaban J connectivity index is 1.31. The Bertz CT molecular complexity index is 1950.